The number of hydrogen-bond acceptors (Lipinski definition) is 4. The minimum atomic E-state index is 0.868. The Morgan fingerprint density at radius 1 is 0.440 bits per heavy atom. The zero-order valence-corrected chi connectivity index (χ0v) is 28.1. The van der Waals surface area contributed by atoms with Crippen LogP contribution in [-0.2, 0) is 0 Å². The van der Waals surface area contributed by atoms with E-state index in [2.05, 4.69) is 180 Å². The van der Waals surface area contributed by atoms with Crippen LogP contribution in [0.5, 0.6) is 0 Å². The molecule has 50 heavy (non-hydrogen) atoms. The Bertz CT molecular complexity index is 2330. The van der Waals surface area contributed by atoms with Crippen molar-refractivity contribution < 1.29 is 0 Å². The second kappa shape index (κ2) is 12.2. The van der Waals surface area contributed by atoms with Crippen LogP contribution in [0, 0.1) is 0 Å². The number of H-pyrrole nitrogens is 2. The maximum Gasteiger partial charge on any atom is 0.0737 e. The van der Waals surface area contributed by atoms with Crippen LogP contribution in [-0.4, -0.2) is 56.9 Å². The van der Waals surface area contributed by atoms with Crippen LogP contribution >= 0.6 is 0 Å². The fourth-order valence-corrected chi connectivity index (χ4v) is 7.28. The quantitative estimate of drug-likeness (QED) is 0.200. The van der Waals surface area contributed by atoms with E-state index < -0.39 is 0 Å². The van der Waals surface area contributed by atoms with Gasteiger partial charge in [-0.25, -0.2) is 9.97 Å². The third kappa shape index (κ3) is 5.31. The molecule has 0 fully saturated rings. The van der Waals surface area contributed by atoms with Gasteiger partial charge in [0.2, 0.25) is 0 Å². The summed E-state index contributed by atoms with van der Waals surface area (Å²) in [6.45, 7) is 1.74. The highest BCUT2D eigenvalue weighted by Gasteiger charge is 2.20. The van der Waals surface area contributed by atoms with Gasteiger partial charge in [-0.05, 0) is 59.7 Å². The van der Waals surface area contributed by atoms with Gasteiger partial charge in [-0.1, -0.05) is 85.0 Å². The molecule has 0 amide bonds. The molecule has 3 aromatic heterocycles. The van der Waals surface area contributed by atoms with E-state index >= 15 is 0 Å². The number of rotatable bonds is 4. The molecule has 2 N–H and O–H groups in total. The molecular formula is C44H36N6. The van der Waals surface area contributed by atoms with Crippen molar-refractivity contribution in [1.29, 1.82) is 0 Å². The number of fused-ring (bicyclic) bond motifs is 8. The molecule has 6 nitrogen and oxygen atoms in total. The number of nitrogens with zero attached hydrogens (tertiary/aromatic N) is 4. The SMILES string of the molecule is CN1C=C(c2c3nc(c(-c4ccccc4)c4ccc([nH]4)c(C4=CN(C)CC=C4)c4nc(c(-c5ccccc5)c5ccc2[nH]5)C=C4)C=C3)C=CC1. The Labute approximate surface area is 291 Å². The molecule has 7 heterocycles. The predicted octanol–water partition coefficient (Wildman–Crippen LogP) is 9.67. The molecule has 0 saturated carbocycles. The van der Waals surface area contributed by atoms with Gasteiger partial charge in [-0.2, -0.15) is 0 Å². The van der Waals surface area contributed by atoms with Crippen molar-refractivity contribution in [2.45, 2.75) is 0 Å². The van der Waals surface area contributed by atoms with E-state index in [1.807, 2.05) is 0 Å². The number of benzene rings is 2. The minimum Gasteiger partial charge on any atom is -0.376 e. The summed E-state index contributed by atoms with van der Waals surface area (Å²) >= 11 is 0. The van der Waals surface area contributed by atoms with Gasteiger partial charge >= 0.3 is 0 Å². The summed E-state index contributed by atoms with van der Waals surface area (Å²) < 4.78 is 0. The van der Waals surface area contributed by atoms with Crippen LogP contribution in [0.4, 0.5) is 0 Å². The third-order valence-electron chi connectivity index (χ3n) is 9.56. The summed E-state index contributed by atoms with van der Waals surface area (Å²) in [6, 6.07) is 29.8. The zero-order valence-electron chi connectivity index (χ0n) is 28.1. The van der Waals surface area contributed by atoms with Crippen molar-refractivity contribution in [2.75, 3.05) is 27.2 Å². The molecule has 9 rings (SSSR count). The van der Waals surface area contributed by atoms with Crippen molar-refractivity contribution in [3.63, 3.8) is 0 Å². The summed E-state index contributed by atoms with van der Waals surface area (Å²) in [4.78, 5) is 22.9. The topological polar surface area (TPSA) is 63.8 Å². The minimum absolute atomic E-state index is 0.868. The van der Waals surface area contributed by atoms with Gasteiger partial charge in [0, 0.05) is 95.1 Å². The highest BCUT2D eigenvalue weighted by Crippen LogP contribution is 2.37. The summed E-state index contributed by atoms with van der Waals surface area (Å²) in [5, 5.41) is 0. The fraction of sp³-hybridized carbons (Fsp3) is 0.0909. The second-order valence-electron chi connectivity index (χ2n) is 13.1. The van der Waals surface area contributed by atoms with E-state index in [-0.39, 0.29) is 0 Å². The number of nitrogens with one attached hydrogen (secondary N) is 2. The molecule has 0 spiro atoms. The Morgan fingerprint density at radius 3 is 1.18 bits per heavy atom. The molecular weight excluding hydrogens is 613 g/mol. The lowest BCUT2D eigenvalue weighted by Gasteiger charge is -2.18. The first-order chi connectivity index (χ1) is 24.6. The van der Waals surface area contributed by atoms with Crippen LogP contribution in [0.25, 0.3) is 79.8 Å². The molecule has 0 saturated heterocycles. The average Bonchev–Trinajstić information content (AvgIpc) is 3.97. The number of aromatic nitrogens is 4. The van der Waals surface area contributed by atoms with Gasteiger partial charge in [0.15, 0.2) is 0 Å². The molecule has 8 bridgehead atoms. The summed E-state index contributed by atoms with van der Waals surface area (Å²) in [7, 11) is 4.21. The lowest BCUT2D eigenvalue weighted by Crippen LogP contribution is -2.14. The van der Waals surface area contributed by atoms with E-state index in [9.17, 15) is 0 Å². The second-order valence-corrected chi connectivity index (χ2v) is 13.1. The van der Waals surface area contributed by atoms with Crippen molar-refractivity contribution in [3.8, 4) is 22.3 Å². The predicted molar refractivity (Wildman–Crippen MR) is 209 cm³/mol. The molecule has 4 aliphatic rings. The Kier molecular flexibility index (Phi) is 7.28. The summed E-state index contributed by atoms with van der Waals surface area (Å²) in [5.74, 6) is 0. The molecule has 242 valence electrons. The van der Waals surface area contributed by atoms with Gasteiger partial charge in [0.1, 0.15) is 0 Å². The molecule has 0 atom stereocenters. The van der Waals surface area contributed by atoms with Gasteiger partial charge in [0.25, 0.3) is 0 Å². The number of allylic oxidation sites excluding steroid dienone is 4. The molecule has 0 radical (unpaired) electrons. The van der Waals surface area contributed by atoms with Crippen molar-refractivity contribution >= 4 is 57.5 Å². The monoisotopic (exact) mass is 648 g/mol. The van der Waals surface area contributed by atoms with Crippen molar-refractivity contribution in [3.05, 3.63) is 156 Å². The van der Waals surface area contributed by atoms with E-state index in [0.717, 1.165) is 102 Å². The summed E-state index contributed by atoms with van der Waals surface area (Å²) in [5.41, 5.74) is 16.2. The van der Waals surface area contributed by atoms with E-state index in [1.54, 1.807) is 0 Å². The summed E-state index contributed by atoms with van der Waals surface area (Å²) in [6.07, 6.45) is 21.8. The maximum atomic E-state index is 5.39. The third-order valence-corrected chi connectivity index (χ3v) is 9.56. The lowest BCUT2D eigenvalue weighted by molar-refractivity contribution is 0.507. The van der Waals surface area contributed by atoms with Crippen LogP contribution in [0.3, 0.4) is 0 Å². The molecule has 0 aliphatic carbocycles. The van der Waals surface area contributed by atoms with Gasteiger partial charge in [0.05, 0.1) is 22.8 Å². The van der Waals surface area contributed by atoms with Gasteiger partial charge in [-0.15, -0.1) is 0 Å². The van der Waals surface area contributed by atoms with Gasteiger partial charge < -0.3 is 19.8 Å². The normalized spacial score (nSPS) is 15.1. The van der Waals surface area contributed by atoms with Crippen LogP contribution in [0.2, 0.25) is 0 Å². The van der Waals surface area contributed by atoms with Crippen LogP contribution < -0.4 is 0 Å². The van der Waals surface area contributed by atoms with Crippen molar-refractivity contribution in [2.24, 2.45) is 0 Å². The first kappa shape index (κ1) is 29.7. The Morgan fingerprint density at radius 2 is 0.800 bits per heavy atom. The first-order valence-electron chi connectivity index (χ1n) is 17.0. The number of aromatic amines is 2. The highest BCUT2D eigenvalue weighted by atomic mass is 15.1. The fourth-order valence-electron chi connectivity index (χ4n) is 7.28. The van der Waals surface area contributed by atoms with Crippen LogP contribution in [0.15, 0.2) is 122 Å². The van der Waals surface area contributed by atoms with E-state index in [1.165, 1.54) is 0 Å². The smallest absolute Gasteiger partial charge is 0.0737 e. The van der Waals surface area contributed by atoms with E-state index in [4.69, 9.17) is 9.97 Å². The number of likely N-dealkylation sites (N-methyl/N-ethyl adjacent to an activating group) is 2. The molecule has 6 heteroatoms. The Balaban J connectivity index is 1.46. The van der Waals surface area contributed by atoms with Crippen molar-refractivity contribution in [1.82, 2.24) is 29.7 Å². The van der Waals surface area contributed by atoms with Crippen LogP contribution in [0.1, 0.15) is 33.9 Å². The molecule has 0 unspecified atom stereocenters. The zero-order chi connectivity index (χ0) is 33.6. The standard InChI is InChI=1S/C44H36N6/c1-49-25-9-15-31(27-49)43-37-21-17-33(45-37)41(29-11-5-3-6-12-29)35-19-23-39(47-35)44(32-16-10-26-50(2)28-32)40-24-20-36(48-40)42(30-13-7-4-8-14-30)34-18-22-38(43)46-34/h3-24,27-28,45,48H,25-26H2,1-2H3. The van der Waals surface area contributed by atoms with E-state index in [0.29, 0.717) is 0 Å². The maximum absolute atomic E-state index is 5.39. The molecule has 4 aliphatic heterocycles. The largest absolute Gasteiger partial charge is 0.376 e. The van der Waals surface area contributed by atoms with Gasteiger partial charge in [-0.3, -0.25) is 0 Å². The highest BCUT2D eigenvalue weighted by molar-refractivity contribution is 5.99. The lowest BCUT2D eigenvalue weighted by atomic mass is 10.0. The molecule has 5 aromatic rings. The number of hydrogen-bond donors (Lipinski definition) is 2. The average molecular weight is 649 g/mol. The first-order valence-corrected chi connectivity index (χ1v) is 17.0. The Hall–Kier alpha value is -6.40. The molecule has 2 aromatic carbocycles.